The van der Waals surface area contributed by atoms with E-state index < -0.39 is 0 Å². The number of hydrogen-bond donors (Lipinski definition) is 2. The van der Waals surface area contributed by atoms with Gasteiger partial charge in [-0.05, 0) is 30.3 Å². The second-order valence-electron chi connectivity index (χ2n) is 4.38. The largest absolute Gasteiger partial charge is 0.350 e. The first-order chi connectivity index (χ1) is 10.6. The lowest BCUT2D eigenvalue weighted by molar-refractivity contribution is 0.0927. The third-order valence-corrected chi connectivity index (χ3v) is 3.56. The molecular formula is C15H13Cl2N3O2. The SMILES string of the molecule is O=C(NCCNC(=O)c1ccc(Cl)c(Cl)c1)c1ccncc1. The van der Waals surface area contributed by atoms with Crippen LogP contribution in [0.5, 0.6) is 0 Å². The second-order valence-corrected chi connectivity index (χ2v) is 5.19. The molecule has 0 spiro atoms. The lowest BCUT2D eigenvalue weighted by atomic mass is 10.2. The Balaban J connectivity index is 1.78. The number of carbonyl (C=O) groups is 2. The maximum Gasteiger partial charge on any atom is 0.251 e. The number of rotatable bonds is 5. The number of amides is 2. The van der Waals surface area contributed by atoms with Crippen LogP contribution in [-0.4, -0.2) is 29.9 Å². The molecule has 1 aromatic heterocycles. The van der Waals surface area contributed by atoms with Crippen LogP contribution in [0.4, 0.5) is 0 Å². The van der Waals surface area contributed by atoms with E-state index >= 15 is 0 Å². The van der Waals surface area contributed by atoms with Crippen LogP contribution in [0.15, 0.2) is 42.7 Å². The normalized spacial score (nSPS) is 10.1. The molecule has 0 radical (unpaired) electrons. The molecule has 1 aromatic carbocycles. The molecule has 2 amide bonds. The van der Waals surface area contributed by atoms with Gasteiger partial charge in [0.1, 0.15) is 0 Å². The Morgan fingerprint density at radius 2 is 1.45 bits per heavy atom. The zero-order valence-corrected chi connectivity index (χ0v) is 13.0. The molecule has 2 N–H and O–H groups in total. The van der Waals surface area contributed by atoms with Crippen molar-refractivity contribution in [3.05, 3.63) is 63.9 Å². The number of nitrogens with one attached hydrogen (secondary N) is 2. The Labute approximate surface area is 137 Å². The molecule has 0 atom stereocenters. The van der Waals surface area contributed by atoms with Crippen molar-refractivity contribution in [2.24, 2.45) is 0 Å². The molecule has 5 nitrogen and oxygen atoms in total. The van der Waals surface area contributed by atoms with Crippen molar-refractivity contribution in [1.82, 2.24) is 15.6 Å². The van der Waals surface area contributed by atoms with Crippen LogP contribution in [-0.2, 0) is 0 Å². The summed E-state index contributed by atoms with van der Waals surface area (Å²) < 4.78 is 0. The summed E-state index contributed by atoms with van der Waals surface area (Å²) in [7, 11) is 0. The average Bonchev–Trinajstić information content (AvgIpc) is 2.54. The first kappa shape index (κ1) is 16.3. The minimum absolute atomic E-state index is 0.216. The highest BCUT2D eigenvalue weighted by Crippen LogP contribution is 2.22. The second kappa shape index (κ2) is 7.77. The molecule has 1 heterocycles. The van der Waals surface area contributed by atoms with Crippen LogP contribution < -0.4 is 10.6 Å². The summed E-state index contributed by atoms with van der Waals surface area (Å²) in [6, 6.07) is 7.87. The number of aromatic nitrogens is 1. The van der Waals surface area contributed by atoms with Gasteiger partial charge >= 0.3 is 0 Å². The van der Waals surface area contributed by atoms with E-state index in [9.17, 15) is 9.59 Å². The maximum atomic E-state index is 11.9. The summed E-state index contributed by atoms with van der Waals surface area (Å²) in [5.41, 5.74) is 0.931. The Bertz CT molecular complexity index is 678. The fourth-order valence-corrected chi connectivity index (χ4v) is 1.99. The van der Waals surface area contributed by atoms with E-state index in [0.717, 1.165) is 0 Å². The Kier molecular flexibility index (Phi) is 5.75. The Morgan fingerprint density at radius 3 is 2.05 bits per heavy atom. The molecule has 0 aliphatic heterocycles. The number of benzene rings is 1. The van der Waals surface area contributed by atoms with Crippen molar-refractivity contribution in [1.29, 1.82) is 0 Å². The van der Waals surface area contributed by atoms with Crippen LogP contribution in [0.25, 0.3) is 0 Å². The molecule has 0 saturated carbocycles. The average molecular weight is 338 g/mol. The van der Waals surface area contributed by atoms with Crippen LogP contribution in [0, 0.1) is 0 Å². The van der Waals surface area contributed by atoms with Gasteiger partial charge in [0.15, 0.2) is 0 Å². The van der Waals surface area contributed by atoms with Gasteiger partial charge in [0.2, 0.25) is 0 Å². The van der Waals surface area contributed by atoms with Gasteiger partial charge < -0.3 is 10.6 Å². The topological polar surface area (TPSA) is 71.1 Å². The first-order valence-corrected chi connectivity index (χ1v) is 7.25. The van der Waals surface area contributed by atoms with E-state index in [1.165, 1.54) is 6.07 Å². The number of halogens is 2. The molecule has 0 aliphatic rings. The Morgan fingerprint density at radius 1 is 0.864 bits per heavy atom. The van der Waals surface area contributed by atoms with Crippen molar-refractivity contribution in [2.45, 2.75) is 0 Å². The first-order valence-electron chi connectivity index (χ1n) is 6.49. The van der Waals surface area contributed by atoms with Crippen molar-refractivity contribution >= 4 is 35.0 Å². The van der Waals surface area contributed by atoms with E-state index in [0.29, 0.717) is 34.3 Å². The van der Waals surface area contributed by atoms with Crippen LogP contribution >= 0.6 is 23.2 Å². The molecule has 114 valence electrons. The monoisotopic (exact) mass is 337 g/mol. The zero-order valence-electron chi connectivity index (χ0n) is 11.5. The smallest absolute Gasteiger partial charge is 0.251 e. The molecule has 7 heteroatoms. The molecule has 2 rings (SSSR count). The number of carbonyl (C=O) groups excluding carboxylic acids is 2. The van der Waals surface area contributed by atoms with Gasteiger partial charge in [0, 0.05) is 36.6 Å². The molecule has 0 fully saturated rings. The molecule has 0 aliphatic carbocycles. The fraction of sp³-hybridized carbons (Fsp3) is 0.133. The molecule has 0 saturated heterocycles. The minimum atomic E-state index is -0.281. The lowest BCUT2D eigenvalue weighted by Crippen LogP contribution is -2.34. The molecule has 0 bridgehead atoms. The quantitative estimate of drug-likeness (QED) is 0.823. The van der Waals surface area contributed by atoms with Crippen molar-refractivity contribution < 1.29 is 9.59 Å². The third kappa shape index (κ3) is 4.44. The van der Waals surface area contributed by atoms with Crippen LogP contribution in [0.3, 0.4) is 0 Å². The number of hydrogen-bond acceptors (Lipinski definition) is 3. The van der Waals surface area contributed by atoms with Crippen LogP contribution in [0.2, 0.25) is 10.0 Å². The predicted octanol–water partition coefficient (Wildman–Crippen LogP) is 2.55. The van der Waals surface area contributed by atoms with Gasteiger partial charge in [0.25, 0.3) is 11.8 Å². The summed E-state index contributed by atoms with van der Waals surface area (Å²) in [6.45, 7) is 0.615. The van der Waals surface area contributed by atoms with E-state index in [-0.39, 0.29) is 11.8 Å². The van der Waals surface area contributed by atoms with Gasteiger partial charge in [-0.15, -0.1) is 0 Å². The minimum Gasteiger partial charge on any atom is -0.350 e. The summed E-state index contributed by atoms with van der Waals surface area (Å²) in [4.78, 5) is 27.5. The van der Waals surface area contributed by atoms with Crippen molar-refractivity contribution in [3.8, 4) is 0 Å². The van der Waals surface area contributed by atoms with E-state index in [1.54, 1.807) is 36.7 Å². The maximum absolute atomic E-state index is 11.9. The van der Waals surface area contributed by atoms with Crippen LogP contribution in [0.1, 0.15) is 20.7 Å². The van der Waals surface area contributed by atoms with E-state index in [2.05, 4.69) is 15.6 Å². The van der Waals surface area contributed by atoms with Crippen molar-refractivity contribution in [2.75, 3.05) is 13.1 Å². The molecule has 2 aromatic rings. The summed E-state index contributed by atoms with van der Waals surface area (Å²) >= 11 is 11.6. The fourth-order valence-electron chi connectivity index (χ4n) is 1.70. The zero-order chi connectivity index (χ0) is 15.9. The predicted molar refractivity (Wildman–Crippen MR) is 85.4 cm³/mol. The van der Waals surface area contributed by atoms with Gasteiger partial charge in [0.05, 0.1) is 10.0 Å². The third-order valence-electron chi connectivity index (χ3n) is 2.82. The summed E-state index contributed by atoms with van der Waals surface area (Å²) in [6.07, 6.45) is 3.09. The highest BCUT2D eigenvalue weighted by molar-refractivity contribution is 6.42. The van der Waals surface area contributed by atoms with Gasteiger partial charge in [-0.2, -0.15) is 0 Å². The lowest BCUT2D eigenvalue weighted by Gasteiger charge is -2.07. The van der Waals surface area contributed by atoms with Gasteiger partial charge in [-0.25, -0.2) is 0 Å². The highest BCUT2D eigenvalue weighted by Gasteiger charge is 2.08. The summed E-state index contributed by atoms with van der Waals surface area (Å²) in [5.74, 6) is -0.497. The molecule has 22 heavy (non-hydrogen) atoms. The Hall–Kier alpha value is -2.11. The number of pyridine rings is 1. The standard InChI is InChI=1S/C15H13Cl2N3O2/c16-12-2-1-11(9-13(12)17)15(22)20-8-7-19-14(21)10-3-5-18-6-4-10/h1-6,9H,7-8H2,(H,19,21)(H,20,22). The molecule has 0 unspecified atom stereocenters. The van der Waals surface area contributed by atoms with Gasteiger partial charge in [-0.3, -0.25) is 14.6 Å². The van der Waals surface area contributed by atoms with Gasteiger partial charge in [-0.1, -0.05) is 23.2 Å². The van der Waals surface area contributed by atoms with Crippen molar-refractivity contribution in [3.63, 3.8) is 0 Å². The number of nitrogens with zero attached hydrogens (tertiary/aromatic N) is 1. The highest BCUT2D eigenvalue weighted by atomic mass is 35.5. The van der Waals surface area contributed by atoms with E-state index in [1.807, 2.05) is 0 Å². The summed E-state index contributed by atoms with van der Waals surface area (Å²) in [5, 5.41) is 6.09. The molecular weight excluding hydrogens is 325 g/mol. The van der Waals surface area contributed by atoms with E-state index in [4.69, 9.17) is 23.2 Å².